The second kappa shape index (κ2) is 7.50. The molecule has 4 rings (SSSR count). The van der Waals surface area contributed by atoms with Crippen molar-refractivity contribution in [2.45, 2.75) is 13.0 Å². The second-order valence-corrected chi connectivity index (χ2v) is 6.58. The van der Waals surface area contributed by atoms with Crippen LogP contribution in [-0.4, -0.2) is 31.9 Å². The molecule has 0 aliphatic carbocycles. The number of methoxy groups -OCH3 is 1. The SMILES string of the molecule is COCCCN1COc2ccc3c(=O)c(-c4ccc(F)cc4)coc3c2C1. The minimum absolute atomic E-state index is 0.137. The van der Waals surface area contributed by atoms with Crippen LogP contribution in [0.15, 0.2) is 51.9 Å². The summed E-state index contributed by atoms with van der Waals surface area (Å²) in [4.78, 5) is 15.1. The molecular weight excluding hydrogens is 349 g/mol. The number of rotatable bonds is 5. The van der Waals surface area contributed by atoms with Crippen molar-refractivity contribution in [1.82, 2.24) is 4.90 Å². The van der Waals surface area contributed by atoms with Gasteiger partial charge in [-0.3, -0.25) is 9.69 Å². The number of hydrogen-bond donors (Lipinski definition) is 0. The van der Waals surface area contributed by atoms with Crippen molar-refractivity contribution in [3.05, 3.63) is 64.3 Å². The molecule has 1 aliphatic rings. The van der Waals surface area contributed by atoms with Gasteiger partial charge in [-0.2, -0.15) is 0 Å². The fourth-order valence-electron chi connectivity index (χ4n) is 3.36. The molecule has 3 aromatic rings. The fourth-order valence-corrected chi connectivity index (χ4v) is 3.36. The van der Waals surface area contributed by atoms with Crippen LogP contribution in [0, 0.1) is 5.82 Å². The van der Waals surface area contributed by atoms with Gasteiger partial charge in [-0.15, -0.1) is 0 Å². The molecule has 1 aliphatic heterocycles. The van der Waals surface area contributed by atoms with Gasteiger partial charge in [0.1, 0.15) is 30.1 Å². The third-order valence-corrected chi connectivity index (χ3v) is 4.76. The lowest BCUT2D eigenvalue weighted by Gasteiger charge is -2.29. The molecular formula is C21H20FNO4. The summed E-state index contributed by atoms with van der Waals surface area (Å²) in [5, 5.41) is 0.498. The Morgan fingerprint density at radius 3 is 2.78 bits per heavy atom. The average Bonchev–Trinajstić information content (AvgIpc) is 2.69. The summed E-state index contributed by atoms with van der Waals surface area (Å²) in [7, 11) is 1.68. The van der Waals surface area contributed by atoms with Gasteiger partial charge in [-0.1, -0.05) is 12.1 Å². The summed E-state index contributed by atoms with van der Waals surface area (Å²) in [6.07, 6.45) is 2.35. The molecule has 2 heterocycles. The van der Waals surface area contributed by atoms with E-state index in [0.29, 0.717) is 42.0 Å². The van der Waals surface area contributed by atoms with E-state index in [1.165, 1.54) is 18.4 Å². The Hall–Kier alpha value is -2.70. The van der Waals surface area contributed by atoms with Crippen molar-refractivity contribution in [3.63, 3.8) is 0 Å². The zero-order valence-corrected chi connectivity index (χ0v) is 15.0. The number of fused-ring (bicyclic) bond motifs is 3. The lowest BCUT2D eigenvalue weighted by Crippen LogP contribution is -2.33. The molecule has 0 unspecified atom stereocenters. The number of nitrogens with zero attached hydrogens (tertiary/aromatic N) is 1. The minimum atomic E-state index is -0.344. The Kier molecular flexibility index (Phi) is 4.92. The largest absolute Gasteiger partial charge is 0.478 e. The maximum atomic E-state index is 13.2. The van der Waals surface area contributed by atoms with Gasteiger partial charge < -0.3 is 13.9 Å². The molecule has 0 radical (unpaired) electrons. The Morgan fingerprint density at radius 2 is 2.00 bits per heavy atom. The van der Waals surface area contributed by atoms with Gasteiger partial charge in [0.25, 0.3) is 0 Å². The third-order valence-electron chi connectivity index (χ3n) is 4.76. The predicted molar refractivity (Wildman–Crippen MR) is 100 cm³/mol. The topological polar surface area (TPSA) is 51.9 Å². The van der Waals surface area contributed by atoms with E-state index in [0.717, 1.165) is 24.3 Å². The van der Waals surface area contributed by atoms with E-state index in [1.807, 2.05) is 6.07 Å². The van der Waals surface area contributed by atoms with Crippen LogP contribution < -0.4 is 10.2 Å². The average molecular weight is 369 g/mol. The Morgan fingerprint density at radius 1 is 1.19 bits per heavy atom. The summed E-state index contributed by atoms with van der Waals surface area (Å²) in [5.74, 6) is 0.395. The highest BCUT2D eigenvalue weighted by molar-refractivity contribution is 5.85. The first-order valence-corrected chi connectivity index (χ1v) is 8.85. The van der Waals surface area contributed by atoms with Gasteiger partial charge in [-0.05, 0) is 36.2 Å². The molecule has 0 bridgehead atoms. The molecule has 5 nitrogen and oxygen atoms in total. The molecule has 0 N–H and O–H groups in total. The van der Waals surface area contributed by atoms with Crippen LogP contribution in [0.3, 0.4) is 0 Å². The summed E-state index contributed by atoms with van der Waals surface area (Å²) in [6, 6.07) is 9.36. The summed E-state index contributed by atoms with van der Waals surface area (Å²) < 4.78 is 29.9. The number of ether oxygens (including phenoxy) is 2. The fraction of sp³-hybridized carbons (Fsp3) is 0.286. The van der Waals surface area contributed by atoms with Gasteiger partial charge in [-0.25, -0.2) is 4.39 Å². The van der Waals surface area contributed by atoms with Crippen molar-refractivity contribution in [1.29, 1.82) is 0 Å². The molecule has 0 saturated heterocycles. The molecule has 0 saturated carbocycles. The summed E-state index contributed by atoms with van der Waals surface area (Å²) >= 11 is 0. The van der Waals surface area contributed by atoms with E-state index in [2.05, 4.69) is 4.90 Å². The van der Waals surface area contributed by atoms with E-state index in [-0.39, 0.29) is 11.2 Å². The van der Waals surface area contributed by atoms with Crippen LogP contribution in [0.5, 0.6) is 5.75 Å². The van der Waals surface area contributed by atoms with Crippen LogP contribution in [-0.2, 0) is 11.3 Å². The maximum absolute atomic E-state index is 13.2. The highest BCUT2D eigenvalue weighted by Crippen LogP contribution is 2.32. The van der Waals surface area contributed by atoms with E-state index < -0.39 is 0 Å². The van der Waals surface area contributed by atoms with Gasteiger partial charge in [0, 0.05) is 26.8 Å². The molecule has 140 valence electrons. The van der Waals surface area contributed by atoms with E-state index >= 15 is 0 Å². The van der Waals surface area contributed by atoms with Crippen molar-refractivity contribution in [2.24, 2.45) is 0 Å². The number of hydrogen-bond acceptors (Lipinski definition) is 5. The first-order valence-electron chi connectivity index (χ1n) is 8.85. The normalized spacial score (nSPS) is 14.1. The van der Waals surface area contributed by atoms with Crippen LogP contribution in [0.1, 0.15) is 12.0 Å². The molecule has 0 atom stereocenters. The highest BCUT2D eigenvalue weighted by atomic mass is 19.1. The first kappa shape index (κ1) is 17.7. The van der Waals surface area contributed by atoms with E-state index in [4.69, 9.17) is 13.9 Å². The molecule has 6 heteroatoms. The van der Waals surface area contributed by atoms with E-state index in [1.54, 1.807) is 25.3 Å². The van der Waals surface area contributed by atoms with Gasteiger partial charge >= 0.3 is 0 Å². The minimum Gasteiger partial charge on any atom is -0.478 e. The van der Waals surface area contributed by atoms with Crippen molar-refractivity contribution in [2.75, 3.05) is 27.0 Å². The first-order chi connectivity index (χ1) is 13.2. The molecule has 2 aromatic carbocycles. The van der Waals surface area contributed by atoms with Crippen LogP contribution in [0.2, 0.25) is 0 Å². The molecule has 0 spiro atoms. The lowest BCUT2D eigenvalue weighted by molar-refractivity contribution is 0.0838. The monoisotopic (exact) mass is 369 g/mol. The molecule has 0 amide bonds. The Labute approximate surface area is 155 Å². The van der Waals surface area contributed by atoms with Crippen LogP contribution in [0.4, 0.5) is 4.39 Å². The molecule has 0 fully saturated rings. The maximum Gasteiger partial charge on any atom is 0.200 e. The highest BCUT2D eigenvalue weighted by Gasteiger charge is 2.22. The van der Waals surface area contributed by atoms with Crippen molar-refractivity contribution >= 4 is 11.0 Å². The third kappa shape index (κ3) is 3.46. The zero-order chi connectivity index (χ0) is 18.8. The van der Waals surface area contributed by atoms with Crippen LogP contribution >= 0.6 is 0 Å². The standard InChI is InChI=1S/C21H20FNO4/c1-25-10-2-9-23-11-17-19(27-13-23)8-7-16-20(24)18(12-26-21(16)17)14-3-5-15(22)6-4-14/h3-8,12H,2,9-11,13H2,1H3. The summed E-state index contributed by atoms with van der Waals surface area (Å²) in [5.41, 5.74) is 2.32. The zero-order valence-electron chi connectivity index (χ0n) is 15.0. The lowest BCUT2D eigenvalue weighted by atomic mass is 10.0. The van der Waals surface area contributed by atoms with E-state index in [9.17, 15) is 9.18 Å². The van der Waals surface area contributed by atoms with Crippen molar-refractivity contribution < 1.29 is 18.3 Å². The quantitative estimate of drug-likeness (QED) is 0.641. The van der Waals surface area contributed by atoms with Crippen molar-refractivity contribution in [3.8, 4) is 16.9 Å². The Balaban J connectivity index is 1.71. The van der Waals surface area contributed by atoms with Gasteiger partial charge in [0.15, 0.2) is 0 Å². The second-order valence-electron chi connectivity index (χ2n) is 6.58. The van der Waals surface area contributed by atoms with Gasteiger partial charge in [0.05, 0.1) is 16.5 Å². The smallest absolute Gasteiger partial charge is 0.200 e. The molecule has 1 aromatic heterocycles. The predicted octanol–water partition coefficient (Wildman–Crippen LogP) is 3.79. The van der Waals surface area contributed by atoms with Gasteiger partial charge in [0.2, 0.25) is 5.43 Å². The molecule has 27 heavy (non-hydrogen) atoms. The Bertz CT molecular complexity index is 1010. The number of benzene rings is 2. The number of halogens is 1. The van der Waals surface area contributed by atoms with Crippen LogP contribution in [0.25, 0.3) is 22.1 Å². The summed E-state index contributed by atoms with van der Waals surface area (Å²) in [6.45, 7) is 2.67.